The van der Waals surface area contributed by atoms with Gasteiger partial charge >= 0.3 is 0 Å². The summed E-state index contributed by atoms with van der Waals surface area (Å²) < 4.78 is 1.79. The van der Waals surface area contributed by atoms with Crippen LogP contribution in [-0.2, 0) is 12.5 Å². The van der Waals surface area contributed by atoms with Crippen LogP contribution in [-0.4, -0.2) is 14.8 Å². The number of nitrogen functional groups attached to an aromatic ring is 1. The molecule has 0 saturated heterocycles. The Hall–Kier alpha value is -1.84. The van der Waals surface area contributed by atoms with Gasteiger partial charge in [-0.1, -0.05) is 32.3 Å². The van der Waals surface area contributed by atoms with Gasteiger partial charge in [0, 0.05) is 18.7 Å². The summed E-state index contributed by atoms with van der Waals surface area (Å²) in [5.41, 5.74) is 9.46. The van der Waals surface area contributed by atoms with Crippen LogP contribution in [0.4, 0.5) is 5.82 Å². The summed E-state index contributed by atoms with van der Waals surface area (Å²) in [5.74, 6) is 0.713. The van der Waals surface area contributed by atoms with Crippen LogP contribution in [0.5, 0.6) is 0 Å². The summed E-state index contributed by atoms with van der Waals surface area (Å²) in [6.07, 6.45) is 8.06. The summed E-state index contributed by atoms with van der Waals surface area (Å²) in [6, 6.07) is 5.95. The molecule has 1 aliphatic carbocycles. The van der Waals surface area contributed by atoms with E-state index in [0.717, 1.165) is 17.0 Å². The molecule has 20 heavy (non-hydrogen) atoms. The van der Waals surface area contributed by atoms with Gasteiger partial charge in [-0.3, -0.25) is 9.67 Å². The van der Waals surface area contributed by atoms with Crippen molar-refractivity contribution in [3.63, 3.8) is 0 Å². The number of pyridine rings is 1. The Morgan fingerprint density at radius 3 is 2.60 bits per heavy atom. The fourth-order valence-electron chi connectivity index (χ4n) is 3.29. The number of anilines is 1. The largest absolute Gasteiger partial charge is 0.383 e. The first-order valence-corrected chi connectivity index (χ1v) is 7.36. The molecule has 0 unspecified atom stereocenters. The van der Waals surface area contributed by atoms with Crippen molar-refractivity contribution in [1.29, 1.82) is 0 Å². The first kappa shape index (κ1) is 13.2. The third-order valence-corrected chi connectivity index (χ3v) is 4.54. The molecule has 0 radical (unpaired) electrons. The second-order valence-electron chi connectivity index (χ2n) is 6.07. The molecule has 0 atom stereocenters. The molecule has 0 bridgehead atoms. The zero-order valence-electron chi connectivity index (χ0n) is 12.3. The fourth-order valence-corrected chi connectivity index (χ4v) is 3.29. The molecule has 4 heteroatoms. The molecule has 1 fully saturated rings. The molecule has 0 spiro atoms. The van der Waals surface area contributed by atoms with Crippen LogP contribution < -0.4 is 5.73 Å². The number of aromatic nitrogens is 3. The Morgan fingerprint density at radius 2 is 1.95 bits per heavy atom. The van der Waals surface area contributed by atoms with Gasteiger partial charge in [0.2, 0.25) is 0 Å². The van der Waals surface area contributed by atoms with Gasteiger partial charge in [-0.2, -0.15) is 5.10 Å². The van der Waals surface area contributed by atoms with Crippen LogP contribution in [0.15, 0.2) is 24.4 Å². The SMILES string of the molecule is Cn1nc(C2(C)CCCCC2)c(-c2ccccn2)c1N. The van der Waals surface area contributed by atoms with E-state index in [1.54, 1.807) is 4.68 Å². The third-order valence-electron chi connectivity index (χ3n) is 4.54. The van der Waals surface area contributed by atoms with Crippen LogP contribution in [0, 0.1) is 0 Å². The molecule has 3 rings (SSSR count). The average molecular weight is 270 g/mol. The van der Waals surface area contributed by atoms with Gasteiger partial charge in [0.25, 0.3) is 0 Å². The molecule has 2 N–H and O–H groups in total. The second-order valence-corrected chi connectivity index (χ2v) is 6.07. The molecule has 2 heterocycles. The summed E-state index contributed by atoms with van der Waals surface area (Å²) in [7, 11) is 1.91. The Labute approximate surface area is 120 Å². The standard InChI is InChI=1S/C16H22N4/c1-16(9-5-3-6-10-16)14-13(15(17)20(2)19-14)12-8-4-7-11-18-12/h4,7-8,11H,3,5-6,9-10,17H2,1-2H3. The lowest BCUT2D eigenvalue weighted by Crippen LogP contribution is -2.26. The van der Waals surface area contributed by atoms with Crippen molar-refractivity contribution in [2.24, 2.45) is 7.05 Å². The van der Waals surface area contributed by atoms with Crippen LogP contribution in [0.3, 0.4) is 0 Å². The molecule has 2 aromatic rings. The highest BCUT2D eigenvalue weighted by Gasteiger charge is 2.35. The van der Waals surface area contributed by atoms with Crippen molar-refractivity contribution >= 4 is 5.82 Å². The predicted molar refractivity (Wildman–Crippen MR) is 81.3 cm³/mol. The van der Waals surface area contributed by atoms with Crippen molar-refractivity contribution in [2.75, 3.05) is 5.73 Å². The monoisotopic (exact) mass is 270 g/mol. The van der Waals surface area contributed by atoms with Crippen molar-refractivity contribution in [1.82, 2.24) is 14.8 Å². The highest BCUT2D eigenvalue weighted by Crippen LogP contribution is 2.43. The van der Waals surface area contributed by atoms with Gasteiger partial charge in [-0.25, -0.2) is 0 Å². The van der Waals surface area contributed by atoms with E-state index in [1.165, 1.54) is 32.1 Å². The Balaban J connectivity index is 2.14. The van der Waals surface area contributed by atoms with E-state index in [9.17, 15) is 0 Å². The van der Waals surface area contributed by atoms with Gasteiger partial charge in [0.05, 0.1) is 17.0 Å². The number of aryl methyl sites for hydroxylation is 1. The maximum absolute atomic E-state index is 6.26. The minimum absolute atomic E-state index is 0.125. The molecule has 106 valence electrons. The minimum Gasteiger partial charge on any atom is -0.383 e. The Morgan fingerprint density at radius 1 is 1.20 bits per heavy atom. The quantitative estimate of drug-likeness (QED) is 0.911. The molecule has 0 aliphatic heterocycles. The Bertz CT molecular complexity index is 594. The summed E-state index contributed by atoms with van der Waals surface area (Å²) in [4.78, 5) is 4.48. The topological polar surface area (TPSA) is 56.7 Å². The lowest BCUT2D eigenvalue weighted by molar-refractivity contribution is 0.311. The molecule has 1 aliphatic rings. The lowest BCUT2D eigenvalue weighted by atomic mass is 9.72. The number of hydrogen-bond acceptors (Lipinski definition) is 3. The van der Waals surface area contributed by atoms with E-state index in [4.69, 9.17) is 10.8 Å². The highest BCUT2D eigenvalue weighted by atomic mass is 15.3. The molecule has 1 saturated carbocycles. The van der Waals surface area contributed by atoms with E-state index >= 15 is 0 Å². The van der Waals surface area contributed by atoms with Crippen molar-refractivity contribution < 1.29 is 0 Å². The van der Waals surface area contributed by atoms with Gasteiger partial charge in [0.15, 0.2) is 0 Å². The van der Waals surface area contributed by atoms with E-state index in [0.29, 0.717) is 5.82 Å². The molecule has 0 amide bonds. The number of rotatable bonds is 2. The van der Waals surface area contributed by atoms with Gasteiger partial charge in [-0.05, 0) is 25.0 Å². The van der Waals surface area contributed by atoms with Crippen LogP contribution in [0.25, 0.3) is 11.3 Å². The van der Waals surface area contributed by atoms with Gasteiger partial charge < -0.3 is 5.73 Å². The summed E-state index contributed by atoms with van der Waals surface area (Å²) in [6.45, 7) is 2.32. The first-order chi connectivity index (χ1) is 9.62. The first-order valence-electron chi connectivity index (χ1n) is 7.36. The van der Waals surface area contributed by atoms with Gasteiger partial charge in [0.1, 0.15) is 5.82 Å². The molecular formula is C16H22N4. The van der Waals surface area contributed by atoms with Crippen LogP contribution >= 0.6 is 0 Å². The lowest BCUT2D eigenvalue weighted by Gasteiger charge is -2.32. The maximum atomic E-state index is 6.26. The van der Waals surface area contributed by atoms with Gasteiger partial charge in [-0.15, -0.1) is 0 Å². The average Bonchev–Trinajstić information content (AvgIpc) is 2.77. The Kier molecular flexibility index (Phi) is 3.24. The zero-order chi connectivity index (χ0) is 14.2. The van der Waals surface area contributed by atoms with Crippen molar-refractivity contribution in [3.05, 3.63) is 30.1 Å². The molecule has 2 aromatic heterocycles. The smallest absolute Gasteiger partial charge is 0.131 e. The fraction of sp³-hybridized carbons (Fsp3) is 0.500. The van der Waals surface area contributed by atoms with E-state index in [1.807, 2.05) is 31.4 Å². The third kappa shape index (κ3) is 2.09. The predicted octanol–water partition coefficient (Wildman–Crippen LogP) is 3.29. The number of hydrogen-bond donors (Lipinski definition) is 1. The summed E-state index contributed by atoms with van der Waals surface area (Å²) in [5, 5.41) is 4.73. The van der Waals surface area contributed by atoms with E-state index in [-0.39, 0.29) is 5.41 Å². The number of nitrogens with zero attached hydrogens (tertiary/aromatic N) is 3. The van der Waals surface area contributed by atoms with Crippen LogP contribution in [0.2, 0.25) is 0 Å². The second kappa shape index (κ2) is 4.93. The van der Waals surface area contributed by atoms with Crippen LogP contribution in [0.1, 0.15) is 44.7 Å². The minimum atomic E-state index is 0.125. The molecular weight excluding hydrogens is 248 g/mol. The summed E-state index contributed by atoms with van der Waals surface area (Å²) >= 11 is 0. The van der Waals surface area contributed by atoms with E-state index < -0.39 is 0 Å². The highest BCUT2D eigenvalue weighted by molar-refractivity contribution is 5.75. The molecule has 0 aromatic carbocycles. The normalized spacial score (nSPS) is 18.1. The van der Waals surface area contributed by atoms with Crippen molar-refractivity contribution in [2.45, 2.75) is 44.4 Å². The zero-order valence-corrected chi connectivity index (χ0v) is 12.3. The van der Waals surface area contributed by atoms with E-state index in [2.05, 4.69) is 11.9 Å². The van der Waals surface area contributed by atoms with Crippen molar-refractivity contribution in [3.8, 4) is 11.3 Å². The molecule has 4 nitrogen and oxygen atoms in total. The maximum Gasteiger partial charge on any atom is 0.131 e. The number of nitrogens with two attached hydrogens (primary N) is 1.